The summed E-state index contributed by atoms with van der Waals surface area (Å²) in [5.74, 6) is 0.729. The molecular weight excluding hydrogens is 372 g/mol. The Labute approximate surface area is 147 Å². The van der Waals surface area contributed by atoms with Gasteiger partial charge >= 0.3 is 0 Å². The fourth-order valence-electron chi connectivity index (χ4n) is 2.76. The molecule has 0 bridgehead atoms. The van der Waals surface area contributed by atoms with Gasteiger partial charge in [-0.25, -0.2) is 0 Å². The fraction of sp³-hybridized carbons (Fsp3) is 0.278. The van der Waals surface area contributed by atoms with Gasteiger partial charge in [0.15, 0.2) is 0 Å². The summed E-state index contributed by atoms with van der Waals surface area (Å²) >= 11 is 5.15. The molecule has 1 aliphatic rings. The van der Waals surface area contributed by atoms with Gasteiger partial charge in [-0.2, -0.15) is 0 Å². The van der Waals surface area contributed by atoms with Crippen LogP contribution in [0.4, 0.5) is 0 Å². The van der Waals surface area contributed by atoms with Crippen molar-refractivity contribution in [3.05, 3.63) is 57.5 Å². The zero-order valence-corrected chi connectivity index (χ0v) is 15.0. The smallest absolute Gasteiger partial charge is 0.267 e. The normalized spacial score (nSPS) is 14.3. The summed E-state index contributed by atoms with van der Waals surface area (Å²) < 4.78 is 4.35. The van der Waals surface area contributed by atoms with Gasteiger partial charge in [0, 0.05) is 17.6 Å². The first-order valence-electron chi connectivity index (χ1n) is 7.80. The Kier molecular flexibility index (Phi) is 3.99. The van der Waals surface area contributed by atoms with Crippen molar-refractivity contribution < 1.29 is 4.79 Å². The van der Waals surface area contributed by atoms with Crippen molar-refractivity contribution in [1.82, 2.24) is 9.88 Å². The predicted octanol–water partition coefficient (Wildman–Crippen LogP) is 4.65. The maximum Gasteiger partial charge on any atom is 0.267 e. The quantitative estimate of drug-likeness (QED) is 0.677. The van der Waals surface area contributed by atoms with E-state index < -0.39 is 0 Å². The lowest BCUT2D eigenvalue weighted by molar-refractivity contribution is 0.0943. The van der Waals surface area contributed by atoms with Crippen molar-refractivity contribution in [3.8, 4) is 0 Å². The number of halogens is 1. The summed E-state index contributed by atoms with van der Waals surface area (Å²) in [5.41, 5.74) is 3.08. The van der Waals surface area contributed by atoms with Gasteiger partial charge < -0.3 is 9.88 Å². The Hall–Kier alpha value is -1.59. The van der Waals surface area contributed by atoms with Crippen LogP contribution in [0.5, 0.6) is 0 Å². The van der Waals surface area contributed by atoms with Crippen molar-refractivity contribution in [3.63, 3.8) is 0 Å². The zero-order chi connectivity index (χ0) is 15.8. The van der Waals surface area contributed by atoms with Gasteiger partial charge in [-0.3, -0.25) is 4.79 Å². The number of carbonyl (C=O) groups excluding carboxylic acids is 1. The van der Waals surface area contributed by atoms with Crippen molar-refractivity contribution >= 4 is 43.4 Å². The van der Waals surface area contributed by atoms with E-state index in [0.29, 0.717) is 12.5 Å². The molecule has 1 N–H and O–H groups in total. The van der Waals surface area contributed by atoms with Gasteiger partial charge in [0.05, 0.1) is 10.2 Å². The number of aromatic nitrogens is 1. The number of thiophene rings is 1. The molecule has 1 aliphatic carbocycles. The Morgan fingerprint density at radius 2 is 2.04 bits per heavy atom. The number of hydrogen-bond donors (Lipinski definition) is 1. The molecule has 118 valence electrons. The first-order valence-corrected chi connectivity index (χ1v) is 9.47. The highest BCUT2D eigenvalue weighted by molar-refractivity contribution is 9.10. The lowest BCUT2D eigenvalue weighted by atomic mass is 10.2. The average molecular weight is 389 g/mol. The predicted molar refractivity (Wildman–Crippen MR) is 98.1 cm³/mol. The van der Waals surface area contributed by atoms with Gasteiger partial charge in [0.1, 0.15) is 5.69 Å². The number of hydrogen-bond acceptors (Lipinski definition) is 2. The number of rotatable bonds is 5. The fourth-order valence-corrected chi connectivity index (χ4v) is 3.84. The average Bonchev–Trinajstić information content (AvgIpc) is 3.16. The molecule has 1 saturated carbocycles. The molecule has 3 nitrogen and oxygen atoms in total. The number of fused-ring (bicyclic) bond motifs is 1. The van der Waals surface area contributed by atoms with E-state index in [1.807, 2.05) is 18.2 Å². The van der Waals surface area contributed by atoms with Gasteiger partial charge in [-0.05, 0) is 54.0 Å². The first-order chi connectivity index (χ1) is 11.2. The summed E-state index contributed by atoms with van der Waals surface area (Å²) in [4.78, 5) is 12.6. The van der Waals surface area contributed by atoms with Gasteiger partial charge in [0.2, 0.25) is 0 Å². The summed E-state index contributed by atoms with van der Waals surface area (Å²) in [5, 5.41) is 5.16. The van der Waals surface area contributed by atoms with Crippen LogP contribution in [0.1, 0.15) is 28.9 Å². The molecule has 0 radical (unpaired) electrons. The van der Waals surface area contributed by atoms with Crippen molar-refractivity contribution in [1.29, 1.82) is 0 Å². The van der Waals surface area contributed by atoms with Crippen LogP contribution in [-0.2, 0) is 6.54 Å². The molecular formula is C18H17BrN2OS. The lowest BCUT2D eigenvalue weighted by Gasteiger charge is -2.11. The van der Waals surface area contributed by atoms with Crippen molar-refractivity contribution in [2.24, 2.45) is 5.92 Å². The number of carbonyl (C=O) groups is 1. The molecule has 0 spiro atoms. The zero-order valence-electron chi connectivity index (χ0n) is 12.6. The van der Waals surface area contributed by atoms with Crippen LogP contribution in [0.3, 0.4) is 0 Å². The molecule has 1 aromatic carbocycles. The molecule has 0 saturated heterocycles. The van der Waals surface area contributed by atoms with Gasteiger partial charge in [-0.15, -0.1) is 11.3 Å². The second-order valence-electron chi connectivity index (χ2n) is 6.07. The second kappa shape index (κ2) is 6.13. The van der Waals surface area contributed by atoms with E-state index in [1.54, 1.807) is 11.3 Å². The van der Waals surface area contributed by atoms with Crippen LogP contribution in [0.2, 0.25) is 0 Å². The van der Waals surface area contributed by atoms with Gasteiger partial charge in [0.25, 0.3) is 5.91 Å². The Bertz CT molecular complexity index is 846. The largest absolute Gasteiger partial charge is 0.350 e. The SMILES string of the molecule is O=C(NCC1CC1)c1cc2sccc2n1Cc1ccc(Br)cc1. The van der Waals surface area contributed by atoms with Crippen LogP contribution in [-0.4, -0.2) is 17.0 Å². The molecule has 2 aromatic heterocycles. The number of amides is 1. The van der Waals surface area contributed by atoms with E-state index in [4.69, 9.17) is 0 Å². The van der Waals surface area contributed by atoms with E-state index >= 15 is 0 Å². The highest BCUT2D eigenvalue weighted by Crippen LogP contribution is 2.29. The van der Waals surface area contributed by atoms with Crippen LogP contribution in [0.25, 0.3) is 10.2 Å². The van der Waals surface area contributed by atoms with Crippen molar-refractivity contribution in [2.75, 3.05) is 6.54 Å². The molecule has 4 rings (SSSR count). The third-order valence-corrected chi connectivity index (χ3v) is 5.64. The van der Waals surface area contributed by atoms with E-state index in [0.717, 1.165) is 22.2 Å². The van der Waals surface area contributed by atoms with Crippen LogP contribution in [0, 0.1) is 5.92 Å². The summed E-state index contributed by atoms with van der Waals surface area (Å²) in [6.07, 6.45) is 2.49. The molecule has 0 unspecified atom stereocenters. The molecule has 2 heterocycles. The highest BCUT2D eigenvalue weighted by Gasteiger charge is 2.23. The Morgan fingerprint density at radius 1 is 1.26 bits per heavy atom. The van der Waals surface area contributed by atoms with E-state index in [1.165, 1.54) is 23.1 Å². The van der Waals surface area contributed by atoms with E-state index in [2.05, 4.69) is 49.4 Å². The van der Waals surface area contributed by atoms with E-state index in [-0.39, 0.29) is 5.91 Å². The van der Waals surface area contributed by atoms with E-state index in [9.17, 15) is 4.79 Å². The molecule has 1 amide bonds. The Balaban J connectivity index is 1.64. The standard InChI is InChI=1S/C18H17BrN2OS/c19-14-5-3-13(4-6-14)11-21-15-7-8-23-17(15)9-16(21)18(22)20-10-12-1-2-12/h3-9,12H,1-2,10-11H2,(H,20,22). The maximum absolute atomic E-state index is 12.6. The summed E-state index contributed by atoms with van der Waals surface area (Å²) in [6.45, 7) is 1.51. The monoisotopic (exact) mass is 388 g/mol. The minimum absolute atomic E-state index is 0.0393. The molecule has 5 heteroatoms. The summed E-state index contributed by atoms with van der Waals surface area (Å²) in [6, 6.07) is 12.4. The Morgan fingerprint density at radius 3 is 2.78 bits per heavy atom. The molecule has 0 atom stereocenters. The second-order valence-corrected chi connectivity index (χ2v) is 7.93. The number of nitrogens with one attached hydrogen (secondary N) is 1. The lowest BCUT2D eigenvalue weighted by Crippen LogP contribution is -2.27. The molecule has 23 heavy (non-hydrogen) atoms. The minimum Gasteiger partial charge on any atom is -0.350 e. The molecule has 3 aromatic rings. The molecule has 1 fully saturated rings. The third-order valence-electron chi connectivity index (χ3n) is 4.26. The topological polar surface area (TPSA) is 34.0 Å². The minimum atomic E-state index is 0.0393. The van der Waals surface area contributed by atoms with Crippen LogP contribution < -0.4 is 5.32 Å². The summed E-state index contributed by atoms with van der Waals surface area (Å²) in [7, 11) is 0. The first kappa shape index (κ1) is 15.0. The number of nitrogens with zero attached hydrogens (tertiary/aromatic N) is 1. The van der Waals surface area contributed by atoms with Crippen molar-refractivity contribution in [2.45, 2.75) is 19.4 Å². The number of benzene rings is 1. The highest BCUT2D eigenvalue weighted by atomic mass is 79.9. The van der Waals surface area contributed by atoms with Crippen LogP contribution >= 0.6 is 27.3 Å². The maximum atomic E-state index is 12.6. The van der Waals surface area contributed by atoms with Gasteiger partial charge in [-0.1, -0.05) is 28.1 Å². The molecule has 0 aliphatic heterocycles. The third kappa shape index (κ3) is 3.21. The van der Waals surface area contributed by atoms with Crippen LogP contribution in [0.15, 0.2) is 46.3 Å².